The van der Waals surface area contributed by atoms with Crippen LogP contribution in [0.25, 0.3) is 11.1 Å². The van der Waals surface area contributed by atoms with Crippen LogP contribution in [0, 0.1) is 0 Å². The molecule has 0 aliphatic carbocycles. The second-order valence-corrected chi connectivity index (χ2v) is 8.28. The predicted octanol–water partition coefficient (Wildman–Crippen LogP) is 6.41. The summed E-state index contributed by atoms with van der Waals surface area (Å²) in [5, 5.41) is 8.76. The minimum Gasteiger partial charge on any atom is -0.493 e. The number of para-hydroxylation sites is 1. The van der Waals surface area contributed by atoms with E-state index in [1.54, 1.807) is 29.6 Å². The number of amides is 1. The van der Waals surface area contributed by atoms with Gasteiger partial charge in [-0.1, -0.05) is 37.3 Å². The second kappa shape index (κ2) is 12.6. The maximum Gasteiger partial charge on any atom is 0.303 e. The van der Waals surface area contributed by atoms with Gasteiger partial charge in [-0.3, -0.25) is 9.59 Å². The third kappa shape index (κ3) is 6.98. The van der Waals surface area contributed by atoms with Crippen molar-refractivity contribution < 1.29 is 25.2 Å². The molecule has 0 saturated heterocycles. The van der Waals surface area contributed by atoms with Gasteiger partial charge < -0.3 is 19.2 Å². The normalized spacial score (nSPS) is 13.1. The highest BCUT2D eigenvalue weighted by Gasteiger charge is 2.22. The van der Waals surface area contributed by atoms with Gasteiger partial charge in [0, 0.05) is 35.7 Å². The lowest BCUT2D eigenvalue weighted by Gasteiger charge is -2.29. The number of ether oxygens (including phenoxy) is 1. The number of hydrogen-bond acceptors (Lipinski definition) is 4. The quantitative estimate of drug-likeness (QED) is 0.296. The molecular weight excluding hydrogens is 430 g/mol. The number of aliphatic carboxylic acids is 1. The Hall–Kier alpha value is -3.54. The smallest absolute Gasteiger partial charge is 0.303 e. The summed E-state index contributed by atoms with van der Waals surface area (Å²) in [6.45, 7) is 3.44. The van der Waals surface area contributed by atoms with Gasteiger partial charge >= 0.3 is 5.97 Å². The average molecular weight is 465 g/mol. The van der Waals surface area contributed by atoms with E-state index in [2.05, 4.69) is 0 Å². The Kier molecular flexibility index (Phi) is 8.77. The highest BCUT2D eigenvalue weighted by Crippen LogP contribution is 2.25. The van der Waals surface area contributed by atoms with Crippen LogP contribution < -0.4 is 4.74 Å². The van der Waals surface area contributed by atoms with Crippen molar-refractivity contribution in [1.82, 2.24) is 4.90 Å². The van der Waals surface area contributed by atoms with Gasteiger partial charge in [-0.25, -0.2) is 0 Å². The van der Waals surface area contributed by atoms with Gasteiger partial charge in [-0.05, 0) is 62.4 Å². The molecule has 3 aromatic rings. The Morgan fingerprint density at radius 2 is 1.82 bits per heavy atom. The molecule has 0 saturated carbocycles. The number of carboxylic acids is 1. The lowest BCUT2D eigenvalue weighted by Crippen LogP contribution is -2.37. The summed E-state index contributed by atoms with van der Waals surface area (Å²) in [6.07, 6.45) is 6.22. The van der Waals surface area contributed by atoms with Gasteiger partial charge in [0.15, 0.2) is 0 Å². The van der Waals surface area contributed by atoms with Crippen molar-refractivity contribution in [3.05, 3.63) is 78.3 Å². The minimum atomic E-state index is -0.936. The molecule has 0 fully saturated rings. The fraction of sp³-hybridized carbons (Fsp3) is 0.357. The maximum absolute atomic E-state index is 13.6. The van der Waals surface area contributed by atoms with Crippen molar-refractivity contribution in [2.24, 2.45) is 0 Å². The van der Waals surface area contributed by atoms with Crippen molar-refractivity contribution in [3.63, 3.8) is 0 Å². The number of carboxylic acid groups (broad SMARTS) is 1. The van der Waals surface area contributed by atoms with E-state index in [1.165, 1.54) is 0 Å². The first kappa shape index (κ1) is 23.6. The predicted molar refractivity (Wildman–Crippen MR) is 132 cm³/mol. The van der Waals surface area contributed by atoms with Crippen LogP contribution in [0.5, 0.6) is 5.75 Å². The van der Waals surface area contributed by atoms with Crippen LogP contribution in [0.1, 0.15) is 63.2 Å². The summed E-state index contributed by atoms with van der Waals surface area (Å²) in [7, 11) is 0. The Balaban J connectivity index is 1.74. The topological polar surface area (TPSA) is 80.0 Å². The van der Waals surface area contributed by atoms with Crippen LogP contribution in [-0.4, -0.2) is 34.5 Å². The summed E-state index contributed by atoms with van der Waals surface area (Å²) in [6, 6.07) is 16.4. The van der Waals surface area contributed by atoms with E-state index in [-0.39, 0.29) is 18.4 Å². The van der Waals surface area contributed by atoms with E-state index in [9.17, 15) is 9.59 Å². The lowest BCUT2D eigenvalue weighted by molar-refractivity contribution is -0.137. The third-order valence-electron chi connectivity index (χ3n) is 5.78. The maximum atomic E-state index is 13.6. The Bertz CT molecular complexity index is 1080. The number of carbonyl (C=O) groups excluding carboxylic acids is 1. The van der Waals surface area contributed by atoms with Crippen molar-refractivity contribution in [3.8, 4) is 16.9 Å². The molecule has 0 bridgehead atoms. The molecule has 1 N–H and O–H groups in total. The SMILES string of the molecule is [2H]C(c1ccccc1OCCCCCC(=O)O)N(C(=O)c1ccc(-c2ccoc2)cc1)C(C)CC. The van der Waals surface area contributed by atoms with Gasteiger partial charge in [0.05, 0.1) is 20.5 Å². The van der Waals surface area contributed by atoms with E-state index in [4.69, 9.17) is 15.6 Å². The zero-order chi connectivity index (χ0) is 25.2. The van der Waals surface area contributed by atoms with Crippen molar-refractivity contribution in [2.75, 3.05) is 6.61 Å². The average Bonchev–Trinajstić information content (AvgIpc) is 3.41. The zero-order valence-electron chi connectivity index (χ0n) is 20.8. The van der Waals surface area contributed by atoms with Crippen molar-refractivity contribution in [2.45, 2.75) is 58.5 Å². The van der Waals surface area contributed by atoms with E-state index in [1.807, 2.05) is 56.3 Å². The first-order valence-corrected chi connectivity index (χ1v) is 11.7. The summed E-state index contributed by atoms with van der Waals surface area (Å²) in [5.41, 5.74) is 3.04. The first-order valence-electron chi connectivity index (χ1n) is 12.3. The Morgan fingerprint density at radius 3 is 2.50 bits per heavy atom. The zero-order valence-corrected chi connectivity index (χ0v) is 19.8. The largest absolute Gasteiger partial charge is 0.493 e. The lowest BCUT2D eigenvalue weighted by atomic mass is 10.0. The number of unbranched alkanes of at least 4 members (excludes halogenated alkanes) is 2. The van der Waals surface area contributed by atoms with Gasteiger partial charge in [0.2, 0.25) is 0 Å². The monoisotopic (exact) mass is 464 g/mol. The van der Waals surface area contributed by atoms with Crippen molar-refractivity contribution >= 4 is 11.9 Å². The second-order valence-electron chi connectivity index (χ2n) is 8.28. The molecule has 2 aromatic carbocycles. The highest BCUT2D eigenvalue weighted by atomic mass is 16.5. The summed E-state index contributed by atoms with van der Waals surface area (Å²) < 4.78 is 20.1. The summed E-state index contributed by atoms with van der Waals surface area (Å²) in [5.74, 6) is -0.428. The fourth-order valence-corrected chi connectivity index (χ4v) is 3.57. The molecule has 6 heteroatoms. The number of carbonyl (C=O) groups is 2. The van der Waals surface area contributed by atoms with E-state index >= 15 is 0 Å². The fourth-order valence-electron chi connectivity index (χ4n) is 3.57. The Morgan fingerprint density at radius 1 is 1.06 bits per heavy atom. The third-order valence-corrected chi connectivity index (χ3v) is 5.78. The van der Waals surface area contributed by atoms with Crippen LogP contribution in [0.15, 0.2) is 71.5 Å². The van der Waals surface area contributed by atoms with Gasteiger partial charge in [-0.15, -0.1) is 0 Å². The summed E-state index contributed by atoms with van der Waals surface area (Å²) >= 11 is 0. The van der Waals surface area contributed by atoms with Crippen LogP contribution in [-0.2, 0) is 11.3 Å². The van der Waals surface area contributed by atoms with E-state index < -0.39 is 12.5 Å². The molecule has 1 heterocycles. The molecule has 0 spiro atoms. The highest BCUT2D eigenvalue weighted by molar-refractivity contribution is 5.95. The van der Waals surface area contributed by atoms with Crippen molar-refractivity contribution in [1.29, 1.82) is 0 Å². The first-order chi connectivity index (χ1) is 16.9. The molecule has 0 radical (unpaired) electrons. The molecular formula is C28H33NO5. The molecule has 3 rings (SSSR count). The number of nitrogens with zero attached hydrogens (tertiary/aromatic N) is 1. The Labute approximate surface area is 202 Å². The molecule has 2 unspecified atom stereocenters. The molecule has 0 aliphatic rings. The van der Waals surface area contributed by atoms with E-state index in [0.717, 1.165) is 24.0 Å². The van der Waals surface area contributed by atoms with Crippen LogP contribution in [0.4, 0.5) is 0 Å². The van der Waals surface area contributed by atoms with Gasteiger partial charge in [-0.2, -0.15) is 0 Å². The minimum absolute atomic E-state index is 0.150. The van der Waals surface area contributed by atoms with Crippen LogP contribution >= 0.6 is 0 Å². The van der Waals surface area contributed by atoms with Crippen LogP contribution in [0.2, 0.25) is 0 Å². The number of furan rings is 1. The molecule has 1 aromatic heterocycles. The van der Waals surface area contributed by atoms with Crippen LogP contribution in [0.3, 0.4) is 0 Å². The molecule has 34 heavy (non-hydrogen) atoms. The number of benzene rings is 2. The molecule has 1 amide bonds. The standard InChI is InChI=1S/C28H33NO5/c1-3-21(2)29(28(32)23-14-12-22(13-15-23)25-16-18-33-20-25)19-24-9-6-7-10-26(24)34-17-8-4-5-11-27(30)31/h6-7,9-10,12-16,18,20-21H,3-5,8,11,17,19H2,1-2H3,(H,30,31)/i19D. The van der Waals surface area contributed by atoms with Gasteiger partial charge in [0.25, 0.3) is 5.91 Å². The molecule has 180 valence electrons. The number of hydrogen-bond donors (Lipinski definition) is 1. The van der Waals surface area contributed by atoms with E-state index in [0.29, 0.717) is 36.3 Å². The molecule has 6 nitrogen and oxygen atoms in total. The van der Waals surface area contributed by atoms with Gasteiger partial charge in [0.1, 0.15) is 5.75 Å². The molecule has 0 aliphatic heterocycles. The number of rotatable bonds is 13. The molecule has 2 atom stereocenters. The summed E-state index contributed by atoms with van der Waals surface area (Å²) in [4.78, 5) is 25.8.